The first-order valence-electron chi connectivity index (χ1n) is 6.52. The Labute approximate surface area is 99.5 Å². The Balaban J connectivity index is 1.81. The van der Waals surface area contributed by atoms with E-state index >= 15 is 0 Å². The molecule has 0 aliphatic carbocycles. The van der Waals surface area contributed by atoms with Crippen molar-refractivity contribution in [1.82, 2.24) is 4.90 Å². The molecule has 0 amide bonds. The van der Waals surface area contributed by atoms with Gasteiger partial charge in [0.1, 0.15) is 0 Å². The molecule has 1 aliphatic heterocycles. The Morgan fingerprint density at radius 1 is 1.06 bits per heavy atom. The van der Waals surface area contributed by atoms with Crippen molar-refractivity contribution in [3.8, 4) is 0 Å². The molecule has 0 spiro atoms. The first-order chi connectivity index (χ1) is 7.90. The van der Waals surface area contributed by atoms with Crippen LogP contribution in [0.25, 0.3) is 0 Å². The van der Waals surface area contributed by atoms with Gasteiger partial charge in [-0.25, -0.2) is 0 Å². The monoisotopic (exact) mass is 216 g/mol. The minimum absolute atomic E-state index is 1.25. The topological polar surface area (TPSA) is 3.24 Å². The summed E-state index contributed by atoms with van der Waals surface area (Å²) in [5.41, 5.74) is 1.46. The summed E-state index contributed by atoms with van der Waals surface area (Å²) in [7, 11) is 0. The van der Waals surface area contributed by atoms with Crippen LogP contribution in [0, 0.1) is 5.92 Å². The van der Waals surface area contributed by atoms with Crippen molar-refractivity contribution < 1.29 is 0 Å². The summed E-state index contributed by atoms with van der Waals surface area (Å²) in [6.07, 6.45) is 5.17. The van der Waals surface area contributed by atoms with E-state index < -0.39 is 0 Å². The maximum absolute atomic E-state index is 2.61. The van der Waals surface area contributed by atoms with Gasteiger partial charge >= 0.3 is 0 Å². The maximum atomic E-state index is 2.61. The first-order valence-corrected chi connectivity index (χ1v) is 6.52. The van der Waals surface area contributed by atoms with Gasteiger partial charge in [0, 0.05) is 5.92 Å². The van der Waals surface area contributed by atoms with Crippen LogP contribution in [0.2, 0.25) is 0 Å². The van der Waals surface area contributed by atoms with Crippen LogP contribution < -0.4 is 0 Å². The predicted octanol–water partition coefficient (Wildman–Crippen LogP) is 3.51. The highest BCUT2D eigenvalue weighted by atomic mass is 15.1. The molecule has 1 nitrogen and oxygen atoms in total. The number of benzene rings is 1. The third kappa shape index (κ3) is 3.08. The average molecular weight is 216 g/mol. The molecule has 1 fully saturated rings. The van der Waals surface area contributed by atoms with Crippen LogP contribution in [0.3, 0.4) is 0 Å². The molecular weight excluding hydrogens is 194 g/mol. The van der Waals surface area contributed by atoms with Crippen LogP contribution in [0.4, 0.5) is 0 Å². The van der Waals surface area contributed by atoms with Gasteiger partial charge in [0.25, 0.3) is 0 Å². The third-order valence-electron chi connectivity index (χ3n) is 3.47. The molecule has 16 heavy (non-hydrogen) atoms. The highest BCUT2D eigenvalue weighted by molar-refractivity contribution is 5.31. The second-order valence-electron chi connectivity index (χ2n) is 4.66. The molecule has 0 atom stereocenters. The molecule has 2 rings (SSSR count). The standard InChI is InChI=1S/C15H22N/c1-2-3-11-16-12-9-15(10-13-16)14-7-5-4-6-8-14/h4-8H,2-3,9-13H2,1H3. The summed E-state index contributed by atoms with van der Waals surface area (Å²) in [6.45, 7) is 6.07. The Hall–Kier alpha value is -0.820. The molecule has 0 N–H and O–H groups in total. The predicted molar refractivity (Wildman–Crippen MR) is 69.4 cm³/mol. The minimum Gasteiger partial charge on any atom is -0.303 e. The fourth-order valence-corrected chi connectivity index (χ4v) is 2.39. The van der Waals surface area contributed by atoms with Crippen molar-refractivity contribution in [2.24, 2.45) is 0 Å². The van der Waals surface area contributed by atoms with Crippen LogP contribution in [0.15, 0.2) is 30.3 Å². The molecule has 1 heteroatoms. The smallest absolute Gasteiger partial charge is 0.00750 e. The number of likely N-dealkylation sites (tertiary alicyclic amines) is 1. The highest BCUT2D eigenvalue weighted by Crippen LogP contribution is 2.26. The summed E-state index contributed by atoms with van der Waals surface area (Å²) >= 11 is 0. The summed E-state index contributed by atoms with van der Waals surface area (Å²) in [6, 6.07) is 10.9. The lowest BCUT2D eigenvalue weighted by Crippen LogP contribution is -2.33. The molecule has 1 heterocycles. The largest absolute Gasteiger partial charge is 0.303 e. The Morgan fingerprint density at radius 3 is 2.38 bits per heavy atom. The van der Waals surface area contributed by atoms with E-state index in [4.69, 9.17) is 0 Å². The van der Waals surface area contributed by atoms with Crippen molar-refractivity contribution in [3.05, 3.63) is 41.8 Å². The fourth-order valence-electron chi connectivity index (χ4n) is 2.39. The Bertz CT molecular complexity index is 286. The second kappa shape index (κ2) is 6.05. The minimum atomic E-state index is 1.25. The van der Waals surface area contributed by atoms with Crippen molar-refractivity contribution in [3.63, 3.8) is 0 Å². The number of unbranched alkanes of at least 4 members (excludes halogenated alkanes) is 1. The van der Waals surface area contributed by atoms with Crippen LogP contribution >= 0.6 is 0 Å². The van der Waals surface area contributed by atoms with Crippen molar-refractivity contribution in [2.45, 2.75) is 32.6 Å². The third-order valence-corrected chi connectivity index (χ3v) is 3.47. The molecule has 1 aromatic carbocycles. The molecule has 1 radical (unpaired) electrons. The lowest BCUT2D eigenvalue weighted by Gasteiger charge is -2.31. The van der Waals surface area contributed by atoms with E-state index in [2.05, 4.69) is 42.2 Å². The van der Waals surface area contributed by atoms with Gasteiger partial charge < -0.3 is 4.90 Å². The maximum Gasteiger partial charge on any atom is 0.00750 e. The van der Waals surface area contributed by atoms with Gasteiger partial charge in [-0.1, -0.05) is 43.7 Å². The van der Waals surface area contributed by atoms with E-state index in [0.29, 0.717) is 0 Å². The van der Waals surface area contributed by atoms with Gasteiger partial charge in [0.15, 0.2) is 0 Å². The molecule has 0 saturated carbocycles. The molecule has 0 bridgehead atoms. The van der Waals surface area contributed by atoms with Gasteiger partial charge in [-0.15, -0.1) is 0 Å². The van der Waals surface area contributed by atoms with Crippen molar-refractivity contribution >= 4 is 0 Å². The van der Waals surface area contributed by atoms with Crippen molar-refractivity contribution in [1.29, 1.82) is 0 Å². The molecular formula is C15H22N. The number of rotatable bonds is 4. The Kier molecular flexibility index (Phi) is 4.41. The zero-order valence-electron chi connectivity index (χ0n) is 10.3. The summed E-state index contributed by atoms with van der Waals surface area (Å²) < 4.78 is 0. The zero-order chi connectivity index (χ0) is 11.2. The van der Waals surface area contributed by atoms with Gasteiger partial charge in [-0.2, -0.15) is 0 Å². The number of hydrogen-bond donors (Lipinski definition) is 0. The van der Waals surface area contributed by atoms with Gasteiger partial charge in [0.2, 0.25) is 0 Å². The molecule has 1 saturated heterocycles. The second-order valence-corrected chi connectivity index (χ2v) is 4.66. The molecule has 1 aliphatic rings. The van der Waals surface area contributed by atoms with E-state index in [1.54, 1.807) is 5.92 Å². The lowest BCUT2D eigenvalue weighted by molar-refractivity contribution is 0.241. The summed E-state index contributed by atoms with van der Waals surface area (Å²) in [5.74, 6) is 1.65. The molecule has 0 unspecified atom stereocenters. The zero-order valence-corrected chi connectivity index (χ0v) is 10.3. The van der Waals surface area contributed by atoms with Gasteiger partial charge in [-0.3, -0.25) is 0 Å². The van der Waals surface area contributed by atoms with Gasteiger partial charge in [-0.05, 0) is 44.5 Å². The quantitative estimate of drug-likeness (QED) is 0.744. The number of nitrogens with zero attached hydrogens (tertiary/aromatic N) is 1. The molecule has 0 aromatic heterocycles. The molecule has 1 aromatic rings. The number of hydrogen-bond acceptors (Lipinski definition) is 1. The van der Waals surface area contributed by atoms with Crippen LogP contribution in [-0.2, 0) is 0 Å². The highest BCUT2D eigenvalue weighted by Gasteiger charge is 2.20. The number of piperidine rings is 1. The van der Waals surface area contributed by atoms with E-state index in [0.717, 1.165) is 0 Å². The summed E-state index contributed by atoms with van der Waals surface area (Å²) in [4.78, 5) is 2.61. The first kappa shape index (κ1) is 11.7. The fraction of sp³-hybridized carbons (Fsp3) is 0.533. The van der Waals surface area contributed by atoms with Gasteiger partial charge in [0.05, 0.1) is 0 Å². The molecule has 87 valence electrons. The summed E-state index contributed by atoms with van der Waals surface area (Å²) in [5, 5.41) is 0. The van der Waals surface area contributed by atoms with Crippen LogP contribution in [0.5, 0.6) is 0 Å². The van der Waals surface area contributed by atoms with Crippen molar-refractivity contribution in [2.75, 3.05) is 19.6 Å². The Morgan fingerprint density at radius 2 is 1.75 bits per heavy atom. The van der Waals surface area contributed by atoms with Crippen LogP contribution in [-0.4, -0.2) is 24.5 Å². The average Bonchev–Trinajstić information content (AvgIpc) is 2.38. The SMILES string of the molecule is CCCCN1CC[C](c2ccccc2)CC1. The normalized spacial score (nSPS) is 18.8. The van der Waals surface area contributed by atoms with E-state index in [-0.39, 0.29) is 0 Å². The van der Waals surface area contributed by atoms with E-state index in [1.807, 2.05) is 0 Å². The van der Waals surface area contributed by atoms with Crippen LogP contribution in [0.1, 0.15) is 38.2 Å². The van der Waals surface area contributed by atoms with E-state index in [9.17, 15) is 0 Å². The lowest BCUT2D eigenvalue weighted by atomic mass is 9.89. The van der Waals surface area contributed by atoms with E-state index in [1.165, 1.54) is 50.9 Å².